The van der Waals surface area contributed by atoms with Crippen molar-refractivity contribution >= 4 is 0 Å². The first-order chi connectivity index (χ1) is 4.95. The largest absolute Gasteiger partial charge is 0.0991 e. The summed E-state index contributed by atoms with van der Waals surface area (Å²) in [6.45, 7) is 12.3. The average molecular weight is 150 g/mol. The molecule has 0 nitrogen and oxygen atoms in total. The highest BCUT2D eigenvalue weighted by Gasteiger charge is 2.02. The average Bonchev–Trinajstić information content (AvgIpc) is 1.83. The zero-order valence-corrected chi connectivity index (χ0v) is 8.02. The zero-order chi connectivity index (χ0) is 8.91. The molecule has 0 amide bonds. The van der Waals surface area contributed by atoms with Crippen LogP contribution in [0.5, 0.6) is 0 Å². The fourth-order valence-corrected chi connectivity index (χ4v) is 0.623. The molecule has 0 aromatic heterocycles. The lowest BCUT2D eigenvalue weighted by Crippen LogP contribution is -1.98. The third kappa shape index (κ3) is 7.11. The lowest BCUT2D eigenvalue weighted by molar-refractivity contribution is 0.544. The van der Waals surface area contributed by atoms with E-state index in [9.17, 15) is 0 Å². The van der Waals surface area contributed by atoms with Crippen molar-refractivity contribution < 1.29 is 0 Å². The van der Waals surface area contributed by atoms with E-state index in [0.29, 0.717) is 0 Å². The summed E-state index contributed by atoms with van der Waals surface area (Å²) in [7, 11) is 0. The first-order valence-electron chi connectivity index (χ1n) is 3.94. The minimum Gasteiger partial charge on any atom is -0.0991 e. The predicted octanol–water partition coefficient (Wildman–Crippen LogP) is 3.72. The molecule has 0 heterocycles. The van der Waals surface area contributed by atoms with Gasteiger partial charge in [-0.15, -0.1) is 0 Å². The van der Waals surface area contributed by atoms with Gasteiger partial charge in [0.15, 0.2) is 0 Å². The molecule has 0 N–H and O–H groups in total. The van der Waals surface area contributed by atoms with E-state index in [1.54, 1.807) is 0 Å². The van der Waals surface area contributed by atoms with Gasteiger partial charge in [-0.25, -0.2) is 0 Å². The molecule has 0 aromatic rings. The molecule has 0 radical (unpaired) electrons. The second-order valence-electron chi connectivity index (χ2n) is 3.85. The topological polar surface area (TPSA) is 0 Å². The third-order valence-electron chi connectivity index (χ3n) is 1.23. The molecule has 62 valence electrons. The van der Waals surface area contributed by atoms with Gasteiger partial charge in [0.2, 0.25) is 0 Å². The maximum atomic E-state index is 3.63. The van der Waals surface area contributed by atoms with Crippen LogP contribution in [0.15, 0.2) is 36.5 Å². The Kier molecular flexibility index (Phi) is 3.88. The zero-order valence-electron chi connectivity index (χ0n) is 8.02. The van der Waals surface area contributed by atoms with Gasteiger partial charge >= 0.3 is 0 Å². The maximum absolute atomic E-state index is 3.63. The third-order valence-corrected chi connectivity index (χ3v) is 1.23. The molecular formula is C11H18. The summed E-state index contributed by atoms with van der Waals surface area (Å²) in [5, 5.41) is 0. The van der Waals surface area contributed by atoms with Gasteiger partial charge in [0.05, 0.1) is 0 Å². The summed E-state index contributed by atoms with van der Waals surface area (Å²) in [5.74, 6) is 0. The molecular weight excluding hydrogens is 132 g/mol. The molecule has 0 atom stereocenters. The van der Waals surface area contributed by atoms with Crippen LogP contribution in [0.25, 0.3) is 0 Å². The molecule has 0 aliphatic heterocycles. The molecule has 0 aliphatic carbocycles. The van der Waals surface area contributed by atoms with Gasteiger partial charge in [-0.3, -0.25) is 0 Å². The van der Waals surface area contributed by atoms with Crippen LogP contribution in [0.3, 0.4) is 0 Å². The van der Waals surface area contributed by atoms with Crippen molar-refractivity contribution in [1.82, 2.24) is 0 Å². The molecule has 0 unspecified atom stereocenters. The highest BCUT2D eigenvalue weighted by molar-refractivity contribution is 5.21. The molecule has 0 bridgehead atoms. The predicted molar refractivity (Wildman–Crippen MR) is 52.5 cm³/mol. The van der Waals surface area contributed by atoms with E-state index in [4.69, 9.17) is 0 Å². The lowest BCUT2D eigenvalue weighted by atomic mass is 9.95. The van der Waals surface area contributed by atoms with Gasteiger partial charge in [-0.1, -0.05) is 57.2 Å². The second-order valence-corrected chi connectivity index (χ2v) is 3.85. The summed E-state index contributed by atoms with van der Waals surface area (Å²) >= 11 is 0. The molecule has 0 aromatic carbocycles. The van der Waals surface area contributed by atoms with E-state index in [1.807, 2.05) is 12.2 Å². The smallest absolute Gasteiger partial charge is 0.0200 e. The summed E-state index contributed by atoms with van der Waals surface area (Å²) < 4.78 is 0. The highest BCUT2D eigenvalue weighted by Crippen LogP contribution is 2.15. The minimum absolute atomic E-state index is 0.274. The van der Waals surface area contributed by atoms with Crippen molar-refractivity contribution in [3.8, 4) is 0 Å². The van der Waals surface area contributed by atoms with E-state index in [2.05, 4.69) is 46.4 Å². The van der Waals surface area contributed by atoms with Crippen molar-refractivity contribution in [3.63, 3.8) is 0 Å². The van der Waals surface area contributed by atoms with Gasteiger partial charge in [-0.2, -0.15) is 0 Å². The van der Waals surface area contributed by atoms with Crippen molar-refractivity contribution in [2.45, 2.75) is 27.7 Å². The number of rotatable bonds is 2. The number of hydrogen-bond acceptors (Lipinski definition) is 0. The van der Waals surface area contributed by atoms with Crippen molar-refractivity contribution in [1.29, 1.82) is 0 Å². The highest BCUT2D eigenvalue weighted by atomic mass is 14.1. The molecule has 0 rings (SSSR count). The van der Waals surface area contributed by atoms with E-state index in [0.717, 1.165) is 0 Å². The van der Waals surface area contributed by atoms with Crippen molar-refractivity contribution in [2.24, 2.45) is 5.41 Å². The van der Waals surface area contributed by atoms with Crippen LogP contribution in [-0.2, 0) is 0 Å². The van der Waals surface area contributed by atoms with Gasteiger partial charge < -0.3 is 0 Å². The normalized spacial score (nSPS) is 14.0. The standard InChI is InChI=1S/C11H18/c1-6-7-10(2)8-9-11(3,4)5/h6-9H,1H2,2-5H3/b9-8-,10-7-. The Morgan fingerprint density at radius 2 is 1.82 bits per heavy atom. The molecule has 0 heteroatoms. The van der Waals surface area contributed by atoms with Crippen LogP contribution in [0.4, 0.5) is 0 Å². The Morgan fingerprint density at radius 3 is 2.18 bits per heavy atom. The van der Waals surface area contributed by atoms with E-state index in [-0.39, 0.29) is 5.41 Å². The Balaban J connectivity index is 4.14. The first-order valence-corrected chi connectivity index (χ1v) is 3.94. The monoisotopic (exact) mass is 150 g/mol. The van der Waals surface area contributed by atoms with E-state index >= 15 is 0 Å². The van der Waals surface area contributed by atoms with Gasteiger partial charge in [0.25, 0.3) is 0 Å². The first kappa shape index (κ1) is 10.2. The van der Waals surface area contributed by atoms with Crippen LogP contribution >= 0.6 is 0 Å². The summed E-state index contributed by atoms with van der Waals surface area (Å²) in [5.41, 5.74) is 1.52. The van der Waals surface area contributed by atoms with Gasteiger partial charge in [0.1, 0.15) is 0 Å². The molecule has 0 fully saturated rings. The molecule has 11 heavy (non-hydrogen) atoms. The van der Waals surface area contributed by atoms with E-state index in [1.165, 1.54) is 5.57 Å². The van der Waals surface area contributed by atoms with Gasteiger partial charge in [0, 0.05) is 0 Å². The van der Waals surface area contributed by atoms with Crippen LogP contribution in [0.2, 0.25) is 0 Å². The van der Waals surface area contributed by atoms with E-state index < -0.39 is 0 Å². The summed E-state index contributed by atoms with van der Waals surface area (Å²) in [4.78, 5) is 0. The Bertz CT molecular complexity index is 175. The van der Waals surface area contributed by atoms with Crippen molar-refractivity contribution in [2.75, 3.05) is 0 Å². The minimum atomic E-state index is 0.274. The van der Waals surface area contributed by atoms with Crippen LogP contribution in [0.1, 0.15) is 27.7 Å². The quantitative estimate of drug-likeness (QED) is 0.526. The SMILES string of the molecule is C=C/C=C(C)\C=C/C(C)(C)C. The molecule has 0 aliphatic rings. The summed E-state index contributed by atoms with van der Waals surface area (Å²) in [6, 6.07) is 0. The van der Waals surface area contributed by atoms with Gasteiger partial charge in [-0.05, 0) is 12.3 Å². The summed E-state index contributed by atoms with van der Waals surface area (Å²) in [6.07, 6.45) is 8.13. The fourth-order valence-electron chi connectivity index (χ4n) is 0.623. The van der Waals surface area contributed by atoms with Crippen molar-refractivity contribution in [3.05, 3.63) is 36.5 Å². The van der Waals surface area contributed by atoms with Crippen LogP contribution in [-0.4, -0.2) is 0 Å². The number of hydrogen-bond donors (Lipinski definition) is 0. The lowest BCUT2D eigenvalue weighted by Gasteiger charge is -2.10. The molecule has 0 spiro atoms. The Labute approximate surface area is 70.3 Å². The van der Waals surface area contributed by atoms with Crippen LogP contribution in [0, 0.1) is 5.41 Å². The van der Waals surface area contributed by atoms with Crippen LogP contribution < -0.4 is 0 Å². The Morgan fingerprint density at radius 1 is 1.27 bits per heavy atom. The fraction of sp³-hybridized carbons (Fsp3) is 0.455. The Hall–Kier alpha value is -0.780. The number of allylic oxidation sites excluding steroid dienone is 5. The maximum Gasteiger partial charge on any atom is -0.0200 e. The molecule has 0 saturated heterocycles. The molecule has 0 saturated carbocycles. The second kappa shape index (κ2) is 4.17.